The van der Waals surface area contributed by atoms with Gasteiger partial charge in [0.05, 0.1) is 11.3 Å². The monoisotopic (exact) mass is 437 g/mol. The number of rotatable bonds is 4. The lowest BCUT2D eigenvalue weighted by atomic mass is 9.95. The summed E-state index contributed by atoms with van der Waals surface area (Å²) < 4.78 is 21.1. The molecule has 0 radical (unpaired) electrons. The quantitative estimate of drug-likeness (QED) is 0.503. The number of aromatic carboxylic acids is 1. The van der Waals surface area contributed by atoms with E-state index in [0.717, 1.165) is 11.1 Å². The Morgan fingerprint density at radius 3 is 2.42 bits per heavy atom. The number of hydrogen-bond acceptors (Lipinski definition) is 3. The summed E-state index contributed by atoms with van der Waals surface area (Å²) in [5.41, 5.74) is 3.23. The maximum Gasteiger partial charge on any atom is 0.335 e. The minimum atomic E-state index is -1.05. The van der Waals surface area contributed by atoms with E-state index in [9.17, 15) is 9.90 Å². The topological polar surface area (TPSA) is 49.8 Å². The first-order chi connectivity index (χ1) is 14.8. The lowest BCUT2D eigenvalue weighted by Gasteiger charge is -2.37. The van der Waals surface area contributed by atoms with Gasteiger partial charge in [0.2, 0.25) is 0 Å². The van der Waals surface area contributed by atoms with Crippen molar-refractivity contribution in [3.05, 3.63) is 93.8 Å². The van der Waals surface area contributed by atoms with Crippen molar-refractivity contribution in [1.29, 1.82) is 0 Å². The van der Waals surface area contributed by atoms with Crippen LogP contribution in [0.15, 0.2) is 60.7 Å². The summed E-state index contributed by atoms with van der Waals surface area (Å²) in [5.74, 6) is -1.38. The Morgan fingerprint density at radius 1 is 1.13 bits per heavy atom. The van der Waals surface area contributed by atoms with Crippen molar-refractivity contribution in [3.63, 3.8) is 0 Å². The molecule has 31 heavy (non-hydrogen) atoms. The molecule has 4 nitrogen and oxygen atoms in total. The number of nitrogens with zero attached hydrogens (tertiary/aromatic N) is 1. The molecule has 1 aliphatic rings. The number of benzene rings is 3. The molecule has 1 heterocycles. The van der Waals surface area contributed by atoms with Gasteiger partial charge in [-0.05, 0) is 73.5 Å². The van der Waals surface area contributed by atoms with E-state index in [4.69, 9.17) is 16.3 Å². The van der Waals surface area contributed by atoms with Crippen LogP contribution in [0.3, 0.4) is 0 Å². The van der Waals surface area contributed by atoms with E-state index in [2.05, 4.69) is 0 Å². The second-order valence-corrected chi connectivity index (χ2v) is 7.94. The SMILES string of the molecule is COC1(C)/C(=C\c2c(C)cccc2Cl)c2c(F)cccc2N1c1ccc(C(=O)O)cc1. The van der Waals surface area contributed by atoms with Crippen LogP contribution in [-0.2, 0) is 4.74 Å². The van der Waals surface area contributed by atoms with Crippen LogP contribution in [0.25, 0.3) is 11.6 Å². The molecular weight excluding hydrogens is 417 g/mol. The molecule has 0 fully saturated rings. The zero-order chi connectivity index (χ0) is 22.3. The fraction of sp³-hybridized carbons (Fsp3) is 0.160. The van der Waals surface area contributed by atoms with E-state index in [0.29, 0.717) is 27.5 Å². The number of methoxy groups -OCH3 is 1. The molecule has 0 saturated carbocycles. The molecule has 1 N–H and O–H groups in total. The molecule has 1 atom stereocenters. The van der Waals surface area contributed by atoms with Crippen LogP contribution >= 0.6 is 11.6 Å². The van der Waals surface area contributed by atoms with Gasteiger partial charge in [-0.25, -0.2) is 9.18 Å². The van der Waals surface area contributed by atoms with Gasteiger partial charge in [-0.3, -0.25) is 0 Å². The van der Waals surface area contributed by atoms with Crippen LogP contribution in [0.5, 0.6) is 0 Å². The largest absolute Gasteiger partial charge is 0.478 e. The van der Waals surface area contributed by atoms with Gasteiger partial charge in [-0.2, -0.15) is 0 Å². The maximum atomic E-state index is 15.1. The summed E-state index contributed by atoms with van der Waals surface area (Å²) in [5, 5.41) is 9.80. The Labute approximate surface area is 185 Å². The van der Waals surface area contributed by atoms with Gasteiger partial charge in [0.15, 0.2) is 5.72 Å². The van der Waals surface area contributed by atoms with Gasteiger partial charge < -0.3 is 14.7 Å². The predicted molar refractivity (Wildman–Crippen MR) is 121 cm³/mol. The highest BCUT2D eigenvalue weighted by Gasteiger charge is 2.47. The van der Waals surface area contributed by atoms with Crippen LogP contribution < -0.4 is 4.90 Å². The minimum Gasteiger partial charge on any atom is -0.478 e. The van der Waals surface area contributed by atoms with Gasteiger partial charge >= 0.3 is 5.97 Å². The molecule has 1 aliphatic heterocycles. The van der Waals surface area contributed by atoms with Crippen LogP contribution in [0, 0.1) is 12.7 Å². The zero-order valence-electron chi connectivity index (χ0n) is 17.3. The van der Waals surface area contributed by atoms with Gasteiger partial charge in [-0.1, -0.05) is 29.8 Å². The van der Waals surface area contributed by atoms with Gasteiger partial charge in [0.25, 0.3) is 0 Å². The Hall–Kier alpha value is -3.15. The number of carbonyl (C=O) groups is 1. The van der Waals surface area contributed by atoms with Gasteiger partial charge in [0, 0.05) is 29.0 Å². The van der Waals surface area contributed by atoms with Crippen molar-refractivity contribution in [1.82, 2.24) is 0 Å². The number of carboxylic acids is 1. The van der Waals surface area contributed by atoms with Crippen LogP contribution in [0.2, 0.25) is 5.02 Å². The average molecular weight is 438 g/mol. The fourth-order valence-corrected chi connectivity index (χ4v) is 4.34. The van der Waals surface area contributed by atoms with Crippen molar-refractivity contribution in [3.8, 4) is 0 Å². The Bertz CT molecular complexity index is 1190. The second kappa shape index (κ2) is 7.84. The van der Waals surface area contributed by atoms with E-state index in [1.807, 2.05) is 43.0 Å². The number of carboxylic acid groups (broad SMARTS) is 1. The first-order valence-electron chi connectivity index (χ1n) is 9.73. The van der Waals surface area contributed by atoms with Crippen molar-refractivity contribution < 1.29 is 19.0 Å². The lowest BCUT2D eigenvalue weighted by molar-refractivity contribution is 0.0680. The third kappa shape index (κ3) is 3.40. The van der Waals surface area contributed by atoms with E-state index in [1.54, 1.807) is 31.4 Å². The average Bonchev–Trinajstić information content (AvgIpc) is 3.00. The molecule has 0 aromatic heterocycles. The van der Waals surface area contributed by atoms with Crippen molar-refractivity contribution in [2.75, 3.05) is 12.0 Å². The smallest absolute Gasteiger partial charge is 0.335 e. The first kappa shape index (κ1) is 21.1. The first-order valence-corrected chi connectivity index (χ1v) is 10.1. The molecule has 3 aromatic rings. The molecule has 0 aliphatic carbocycles. The minimum absolute atomic E-state index is 0.170. The van der Waals surface area contributed by atoms with Crippen molar-refractivity contribution in [2.24, 2.45) is 0 Å². The number of fused-ring (bicyclic) bond motifs is 1. The van der Waals surface area contributed by atoms with Crippen LogP contribution in [0.4, 0.5) is 15.8 Å². The van der Waals surface area contributed by atoms with Crippen molar-refractivity contribution in [2.45, 2.75) is 19.6 Å². The summed E-state index contributed by atoms with van der Waals surface area (Å²) in [4.78, 5) is 13.1. The summed E-state index contributed by atoms with van der Waals surface area (Å²) in [7, 11) is 1.57. The third-order valence-corrected chi connectivity index (χ3v) is 6.09. The fourth-order valence-electron chi connectivity index (χ4n) is 4.07. The number of ether oxygens (including phenoxy) is 1. The third-order valence-electron chi connectivity index (χ3n) is 5.76. The van der Waals surface area contributed by atoms with E-state index in [-0.39, 0.29) is 11.4 Å². The summed E-state index contributed by atoms with van der Waals surface area (Å²) in [6, 6.07) is 16.9. The highest BCUT2D eigenvalue weighted by molar-refractivity contribution is 6.32. The summed E-state index contributed by atoms with van der Waals surface area (Å²) >= 11 is 6.46. The molecule has 0 amide bonds. The number of anilines is 2. The lowest BCUT2D eigenvalue weighted by Crippen LogP contribution is -2.42. The van der Waals surface area contributed by atoms with E-state index < -0.39 is 11.7 Å². The Kier molecular flexibility index (Phi) is 5.33. The molecular formula is C25H21ClFNO3. The summed E-state index contributed by atoms with van der Waals surface area (Å²) in [6.45, 7) is 3.80. The van der Waals surface area contributed by atoms with E-state index in [1.165, 1.54) is 18.2 Å². The van der Waals surface area contributed by atoms with Gasteiger partial charge in [-0.15, -0.1) is 0 Å². The standard InChI is InChI=1S/C25H21ClFNO3/c1-15-6-4-7-20(26)18(15)14-19-23-21(27)8-5-9-22(23)28(25(19,2)31-3)17-12-10-16(11-13-17)24(29)30/h4-14H,1-3H3,(H,29,30)/b19-14-. The van der Waals surface area contributed by atoms with Gasteiger partial charge in [0.1, 0.15) is 5.82 Å². The molecule has 6 heteroatoms. The molecule has 0 spiro atoms. The Morgan fingerprint density at radius 2 is 1.81 bits per heavy atom. The zero-order valence-corrected chi connectivity index (χ0v) is 18.1. The highest BCUT2D eigenvalue weighted by atomic mass is 35.5. The highest BCUT2D eigenvalue weighted by Crippen LogP contribution is 2.53. The molecule has 4 rings (SSSR count). The number of hydrogen-bond donors (Lipinski definition) is 1. The normalized spacial score (nSPS) is 19.0. The molecule has 158 valence electrons. The van der Waals surface area contributed by atoms with Crippen LogP contribution in [-0.4, -0.2) is 23.9 Å². The molecule has 3 aromatic carbocycles. The molecule has 1 unspecified atom stereocenters. The number of aryl methyl sites for hydroxylation is 1. The molecule has 0 bridgehead atoms. The summed E-state index contributed by atoms with van der Waals surface area (Å²) in [6.07, 6.45) is 1.87. The van der Waals surface area contributed by atoms with Crippen molar-refractivity contribution >= 4 is 40.6 Å². The van der Waals surface area contributed by atoms with Crippen LogP contribution in [0.1, 0.15) is 34.0 Å². The second-order valence-electron chi connectivity index (χ2n) is 7.54. The maximum absolute atomic E-state index is 15.1. The number of halogens is 2. The Balaban J connectivity index is 1.98. The predicted octanol–water partition coefficient (Wildman–Crippen LogP) is 6.54. The molecule has 0 saturated heterocycles. The van der Waals surface area contributed by atoms with E-state index >= 15 is 4.39 Å².